The van der Waals surface area contributed by atoms with E-state index < -0.39 is 24.0 Å². The Morgan fingerprint density at radius 1 is 1.12 bits per heavy atom. The minimum atomic E-state index is -0.823. The van der Waals surface area contributed by atoms with Gasteiger partial charge in [0.05, 0.1) is 18.7 Å². The van der Waals surface area contributed by atoms with Gasteiger partial charge in [-0.25, -0.2) is 9.59 Å². The van der Waals surface area contributed by atoms with Gasteiger partial charge in [-0.2, -0.15) is 0 Å². The van der Waals surface area contributed by atoms with Crippen molar-refractivity contribution in [1.82, 2.24) is 10.6 Å². The van der Waals surface area contributed by atoms with Crippen LogP contribution in [0.4, 0.5) is 4.79 Å². The normalized spacial score (nSPS) is 16.7. The summed E-state index contributed by atoms with van der Waals surface area (Å²) in [5.41, 5.74) is 1.15. The van der Waals surface area contributed by atoms with Crippen molar-refractivity contribution < 1.29 is 23.9 Å². The monoisotopic (exact) mass is 354 g/mol. The van der Waals surface area contributed by atoms with Crippen molar-refractivity contribution in [3.63, 3.8) is 0 Å². The third-order valence-electron chi connectivity index (χ3n) is 4.15. The molecule has 0 spiro atoms. The number of ether oxygens (including phenoxy) is 2. The molecule has 0 radical (unpaired) electrons. The quantitative estimate of drug-likeness (QED) is 0.653. The first-order valence-corrected chi connectivity index (χ1v) is 7.99. The van der Waals surface area contributed by atoms with Crippen molar-refractivity contribution >= 4 is 28.7 Å². The number of nitrogens with one attached hydrogen (secondary N) is 2. The van der Waals surface area contributed by atoms with Crippen LogP contribution >= 0.6 is 0 Å². The molecule has 0 bridgehead atoms. The maximum absolute atomic E-state index is 12.4. The molecule has 7 nitrogen and oxygen atoms in total. The van der Waals surface area contributed by atoms with E-state index in [1.165, 1.54) is 14.0 Å². The van der Waals surface area contributed by atoms with Gasteiger partial charge in [-0.05, 0) is 23.8 Å². The number of esters is 2. The van der Waals surface area contributed by atoms with E-state index >= 15 is 0 Å². The molecule has 0 saturated heterocycles. The van der Waals surface area contributed by atoms with E-state index in [4.69, 9.17) is 9.47 Å². The topological polar surface area (TPSA) is 93.7 Å². The molecule has 1 aliphatic rings. The highest BCUT2D eigenvalue weighted by Crippen LogP contribution is 2.38. The maximum Gasteiger partial charge on any atom is 0.337 e. The van der Waals surface area contributed by atoms with Gasteiger partial charge in [-0.15, -0.1) is 0 Å². The van der Waals surface area contributed by atoms with Gasteiger partial charge in [-0.1, -0.05) is 30.3 Å². The number of hydrogen-bond acceptors (Lipinski definition) is 5. The second-order valence-corrected chi connectivity index (χ2v) is 5.85. The minimum absolute atomic E-state index is 0.247. The molecule has 2 aromatic carbocycles. The molecule has 7 heteroatoms. The number of methoxy groups -OCH3 is 1. The molecule has 26 heavy (non-hydrogen) atoms. The zero-order valence-corrected chi connectivity index (χ0v) is 14.6. The first kappa shape index (κ1) is 17.5. The van der Waals surface area contributed by atoms with Crippen molar-refractivity contribution in [1.29, 1.82) is 0 Å². The third-order valence-corrected chi connectivity index (χ3v) is 4.15. The van der Waals surface area contributed by atoms with Crippen LogP contribution in [-0.2, 0) is 14.3 Å². The van der Waals surface area contributed by atoms with Gasteiger partial charge in [0.15, 0.2) is 0 Å². The second kappa shape index (κ2) is 6.87. The minimum Gasteiger partial charge on any atom is -0.466 e. The van der Waals surface area contributed by atoms with Gasteiger partial charge >= 0.3 is 18.0 Å². The predicted molar refractivity (Wildman–Crippen MR) is 94.4 cm³/mol. The summed E-state index contributed by atoms with van der Waals surface area (Å²) >= 11 is 0. The van der Waals surface area contributed by atoms with Gasteiger partial charge in [0.25, 0.3) is 0 Å². The smallest absolute Gasteiger partial charge is 0.337 e. The molecule has 0 aromatic heterocycles. The zero-order chi connectivity index (χ0) is 18.8. The summed E-state index contributed by atoms with van der Waals surface area (Å²) in [6.45, 7) is 2.91. The number of rotatable bonds is 3. The molecular formula is C19H18N2O5. The van der Waals surface area contributed by atoms with Crippen molar-refractivity contribution in [3.05, 3.63) is 53.2 Å². The highest BCUT2D eigenvalue weighted by Gasteiger charge is 2.35. The fourth-order valence-corrected chi connectivity index (χ4v) is 3.11. The van der Waals surface area contributed by atoms with Crippen LogP contribution < -0.4 is 15.4 Å². The number of allylic oxidation sites excluding steroid dienone is 1. The number of urea groups is 1. The number of hydrogen-bond donors (Lipinski definition) is 2. The fraction of sp³-hybridized carbons (Fsp3) is 0.211. The molecule has 1 atom stereocenters. The summed E-state index contributed by atoms with van der Waals surface area (Å²) in [5, 5.41) is 6.95. The summed E-state index contributed by atoms with van der Waals surface area (Å²) in [4.78, 5) is 36.0. The van der Waals surface area contributed by atoms with Gasteiger partial charge in [-0.3, -0.25) is 4.79 Å². The van der Waals surface area contributed by atoms with Crippen molar-refractivity contribution in [2.75, 3.05) is 7.11 Å². The number of amides is 2. The molecule has 0 aliphatic carbocycles. The summed E-state index contributed by atoms with van der Waals surface area (Å²) in [6, 6.07) is 9.63. The lowest BCUT2D eigenvalue weighted by Gasteiger charge is -2.29. The molecule has 0 fully saturated rings. The van der Waals surface area contributed by atoms with Crippen molar-refractivity contribution in [3.8, 4) is 5.75 Å². The van der Waals surface area contributed by atoms with Crippen molar-refractivity contribution in [2.24, 2.45) is 0 Å². The summed E-state index contributed by atoms with van der Waals surface area (Å²) in [6.07, 6.45) is 0. The average Bonchev–Trinajstić information content (AvgIpc) is 2.59. The molecule has 1 aliphatic heterocycles. The van der Waals surface area contributed by atoms with E-state index in [2.05, 4.69) is 10.6 Å². The van der Waals surface area contributed by atoms with Crippen LogP contribution in [0, 0.1) is 0 Å². The Morgan fingerprint density at radius 2 is 1.85 bits per heavy atom. The highest BCUT2D eigenvalue weighted by molar-refractivity contribution is 5.98. The number of benzene rings is 2. The summed E-state index contributed by atoms with van der Waals surface area (Å²) in [5.74, 6) is -0.804. The van der Waals surface area contributed by atoms with E-state index in [0.717, 1.165) is 10.8 Å². The van der Waals surface area contributed by atoms with Crippen LogP contribution in [0.3, 0.4) is 0 Å². The maximum atomic E-state index is 12.4. The van der Waals surface area contributed by atoms with E-state index in [0.29, 0.717) is 11.3 Å². The lowest BCUT2D eigenvalue weighted by atomic mass is 9.90. The van der Waals surface area contributed by atoms with Crippen LogP contribution in [0.2, 0.25) is 0 Å². The molecule has 2 amide bonds. The Hall–Kier alpha value is -3.35. The SMILES string of the molecule is COC(=O)C1=C(C)NC(=O)NC1c1c(OC(C)=O)ccc2ccccc12. The van der Waals surface area contributed by atoms with Gasteiger partial charge in [0.2, 0.25) is 0 Å². The molecule has 3 rings (SSSR count). The zero-order valence-electron chi connectivity index (χ0n) is 14.6. The lowest BCUT2D eigenvalue weighted by Crippen LogP contribution is -2.45. The summed E-state index contributed by atoms with van der Waals surface area (Å²) in [7, 11) is 1.27. The first-order valence-electron chi connectivity index (χ1n) is 7.99. The first-order chi connectivity index (χ1) is 12.4. The lowest BCUT2D eigenvalue weighted by molar-refractivity contribution is -0.136. The number of carbonyl (C=O) groups is 3. The number of fused-ring (bicyclic) bond motifs is 1. The Balaban J connectivity index is 2.30. The molecule has 2 N–H and O–H groups in total. The predicted octanol–water partition coefficient (Wildman–Crippen LogP) is 2.57. The van der Waals surface area contributed by atoms with Crippen molar-refractivity contribution in [2.45, 2.75) is 19.9 Å². The molecule has 134 valence electrons. The largest absolute Gasteiger partial charge is 0.466 e. The Morgan fingerprint density at radius 3 is 2.54 bits per heavy atom. The van der Waals surface area contributed by atoms with Gasteiger partial charge < -0.3 is 20.1 Å². The van der Waals surface area contributed by atoms with E-state index in [-0.39, 0.29) is 11.3 Å². The van der Waals surface area contributed by atoms with E-state index in [9.17, 15) is 14.4 Å². The van der Waals surface area contributed by atoms with Crippen LogP contribution in [0.5, 0.6) is 5.75 Å². The Bertz CT molecular complexity index is 948. The molecule has 1 unspecified atom stereocenters. The fourth-order valence-electron chi connectivity index (χ4n) is 3.11. The standard InChI is InChI=1S/C19H18N2O5/c1-10-15(18(23)25-3)17(21-19(24)20-10)16-13-7-5-4-6-12(13)8-9-14(16)26-11(2)22/h4-9,17H,1-3H3,(H2,20,21,24). The second-order valence-electron chi connectivity index (χ2n) is 5.85. The Labute approximate surface area is 150 Å². The van der Waals surface area contributed by atoms with Crippen LogP contribution in [0.1, 0.15) is 25.5 Å². The number of carbonyl (C=O) groups excluding carboxylic acids is 3. The average molecular weight is 354 g/mol. The third kappa shape index (κ3) is 3.11. The molecule has 0 saturated carbocycles. The summed E-state index contributed by atoms with van der Waals surface area (Å²) < 4.78 is 10.2. The van der Waals surface area contributed by atoms with Gasteiger partial charge in [0, 0.05) is 18.2 Å². The van der Waals surface area contributed by atoms with E-state index in [1.807, 2.05) is 30.3 Å². The Kier molecular flexibility index (Phi) is 4.62. The molecular weight excluding hydrogens is 336 g/mol. The van der Waals surface area contributed by atoms with E-state index in [1.54, 1.807) is 13.0 Å². The molecule has 2 aromatic rings. The van der Waals surface area contributed by atoms with Crippen LogP contribution in [-0.4, -0.2) is 25.1 Å². The molecule has 1 heterocycles. The van der Waals surface area contributed by atoms with Crippen LogP contribution in [0.25, 0.3) is 10.8 Å². The highest BCUT2D eigenvalue weighted by atomic mass is 16.5. The van der Waals surface area contributed by atoms with Crippen LogP contribution in [0.15, 0.2) is 47.7 Å². The van der Waals surface area contributed by atoms with Gasteiger partial charge in [0.1, 0.15) is 5.75 Å².